The molecule has 9 heteroatoms. The van der Waals surface area contributed by atoms with Crippen LogP contribution in [0.1, 0.15) is 55.4 Å². The lowest BCUT2D eigenvalue weighted by molar-refractivity contribution is 0.0172. The SMILES string of the molecule is CC(C)(C)OC(=O)N1CCCC(CNc2cc(Cc3cnccn3)ncc2C(N)=O)C1. The number of piperidine rings is 1. The van der Waals surface area contributed by atoms with Gasteiger partial charge in [0.2, 0.25) is 0 Å². The Morgan fingerprint density at radius 1 is 1.23 bits per heavy atom. The molecule has 1 atom stereocenters. The Morgan fingerprint density at radius 3 is 2.71 bits per heavy atom. The van der Waals surface area contributed by atoms with Gasteiger partial charge in [0.25, 0.3) is 5.91 Å². The fraction of sp³-hybridized carbons (Fsp3) is 0.500. The number of nitrogens with zero attached hydrogens (tertiary/aromatic N) is 4. The fourth-order valence-electron chi connectivity index (χ4n) is 3.52. The third kappa shape index (κ3) is 6.63. The molecule has 2 aromatic rings. The molecule has 0 saturated carbocycles. The van der Waals surface area contributed by atoms with Crippen molar-refractivity contribution in [2.45, 2.75) is 45.6 Å². The van der Waals surface area contributed by atoms with Crippen LogP contribution in [0.3, 0.4) is 0 Å². The summed E-state index contributed by atoms with van der Waals surface area (Å²) < 4.78 is 5.50. The molecule has 1 aliphatic rings. The van der Waals surface area contributed by atoms with E-state index in [9.17, 15) is 9.59 Å². The summed E-state index contributed by atoms with van der Waals surface area (Å²) in [6.07, 6.45) is 8.52. The van der Waals surface area contributed by atoms with E-state index in [-0.39, 0.29) is 12.0 Å². The highest BCUT2D eigenvalue weighted by molar-refractivity contribution is 5.98. The number of primary amides is 1. The van der Waals surface area contributed by atoms with E-state index < -0.39 is 11.5 Å². The van der Waals surface area contributed by atoms with Crippen LogP contribution in [0, 0.1) is 5.92 Å². The largest absolute Gasteiger partial charge is 0.444 e. The highest BCUT2D eigenvalue weighted by atomic mass is 16.6. The number of pyridine rings is 1. The molecule has 31 heavy (non-hydrogen) atoms. The van der Waals surface area contributed by atoms with E-state index in [0.717, 1.165) is 24.2 Å². The summed E-state index contributed by atoms with van der Waals surface area (Å²) in [4.78, 5) is 38.7. The van der Waals surface area contributed by atoms with Crippen molar-refractivity contribution in [1.82, 2.24) is 19.9 Å². The monoisotopic (exact) mass is 426 g/mol. The van der Waals surface area contributed by atoms with Gasteiger partial charge < -0.3 is 20.7 Å². The highest BCUT2D eigenvalue weighted by Gasteiger charge is 2.27. The second-order valence-electron chi connectivity index (χ2n) is 8.77. The average Bonchev–Trinajstić information content (AvgIpc) is 2.72. The number of aromatic nitrogens is 3. The summed E-state index contributed by atoms with van der Waals surface area (Å²) in [6, 6.07) is 1.82. The molecule has 1 fully saturated rings. The Balaban J connectivity index is 1.66. The molecule has 0 aliphatic carbocycles. The first-order valence-electron chi connectivity index (χ1n) is 10.5. The maximum absolute atomic E-state index is 12.4. The maximum atomic E-state index is 12.4. The summed E-state index contributed by atoms with van der Waals surface area (Å²) in [5.41, 5.74) is 7.53. The van der Waals surface area contributed by atoms with Crippen LogP contribution >= 0.6 is 0 Å². The first-order valence-corrected chi connectivity index (χ1v) is 10.5. The second-order valence-corrected chi connectivity index (χ2v) is 8.77. The second kappa shape index (κ2) is 9.72. The predicted octanol–water partition coefficient (Wildman–Crippen LogP) is 2.62. The summed E-state index contributed by atoms with van der Waals surface area (Å²) in [5, 5.41) is 3.34. The number of nitrogens with two attached hydrogens (primary N) is 1. The van der Waals surface area contributed by atoms with Gasteiger partial charge in [-0.05, 0) is 45.6 Å². The molecule has 3 N–H and O–H groups in total. The van der Waals surface area contributed by atoms with E-state index >= 15 is 0 Å². The molecule has 3 heterocycles. The van der Waals surface area contributed by atoms with Crippen molar-refractivity contribution in [3.8, 4) is 0 Å². The molecule has 166 valence electrons. The quantitative estimate of drug-likeness (QED) is 0.728. The molecule has 1 saturated heterocycles. The average molecular weight is 427 g/mol. The van der Waals surface area contributed by atoms with Crippen LogP contribution < -0.4 is 11.1 Å². The number of rotatable bonds is 6. The predicted molar refractivity (Wildman–Crippen MR) is 117 cm³/mol. The van der Waals surface area contributed by atoms with Crippen molar-refractivity contribution in [2.75, 3.05) is 25.0 Å². The summed E-state index contributed by atoms with van der Waals surface area (Å²) >= 11 is 0. The lowest BCUT2D eigenvalue weighted by Gasteiger charge is -2.34. The van der Waals surface area contributed by atoms with E-state index in [2.05, 4.69) is 20.3 Å². The Labute approximate surface area is 182 Å². The smallest absolute Gasteiger partial charge is 0.410 e. The Bertz CT molecular complexity index is 913. The van der Waals surface area contributed by atoms with Crippen molar-refractivity contribution in [3.63, 3.8) is 0 Å². The minimum Gasteiger partial charge on any atom is -0.444 e. The first-order chi connectivity index (χ1) is 14.7. The zero-order chi connectivity index (χ0) is 22.4. The Kier molecular flexibility index (Phi) is 7.04. The summed E-state index contributed by atoms with van der Waals surface area (Å²) in [7, 11) is 0. The minimum atomic E-state index is -0.542. The summed E-state index contributed by atoms with van der Waals surface area (Å²) in [5.74, 6) is -0.307. The molecule has 1 unspecified atom stereocenters. The first kappa shape index (κ1) is 22.5. The number of carbonyl (C=O) groups excluding carboxylic acids is 2. The van der Waals surface area contributed by atoms with Crippen molar-refractivity contribution in [3.05, 3.63) is 47.8 Å². The number of likely N-dealkylation sites (tertiary alicyclic amines) is 1. The third-order valence-corrected chi connectivity index (χ3v) is 4.96. The van der Waals surface area contributed by atoms with Gasteiger partial charge in [-0.25, -0.2) is 4.79 Å². The zero-order valence-corrected chi connectivity index (χ0v) is 18.3. The minimum absolute atomic E-state index is 0.235. The lowest BCUT2D eigenvalue weighted by Crippen LogP contribution is -2.44. The van der Waals surface area contributed by atoms with Gasteiger partial charge in [-0.15, -0.1) is 0 Å². The standard InChI is InChI=1S/C22H30N6O3/c1-22(2,3)31-21(30)28-8-4-5-15(14-28)11-27-19-10-16(26-13-18(19)20(23)29)9-17-12-24-6-7-25-17/h6-7,10,12-13,15H,4-5,8-9,11,14H2,1-3H3,(H2,23,29)(H,26,27). The van der Waals surface area contributed by atoms with Gasteiger partial charge in [0.1, 0.15) is 5.60 Å². The van der Waals surface area contributed by atoms with E-state index in [1.807, 2.05) is 26.8 Å². The molecule has 2 aromatic heterocycles. The van der Waals surface area contributed by atoms with Crippen LogP contribution in [-0.2, 0) is 11.2 Å². The van der Waals surface area contributed by atoms with E-state index in [0.29, 0.717) is 37.3 Å². The van der Waals surface area contributed by atoms with Gasteiger partial charge in [-0.1, -0.05) is 0 Å². The number of hydrogen-bond donors (Lipinski definition) is 2. The molecule has 0 spiro atoms. The van der Waals surface area contributed by atoms with E-state index in [1.165, 1.54) is 6.20 Å². The van der Waals surface area contributed by atoms with Crippen LogP contribution in [0.2, 0.25) is 0 Å². The number of anilines is 1. The highest BCUT2D eigenvalue weighted by Crippen LogP contribution is 2.22. The maximum Gasteiger partial charge on any atom is 0.410 e. The Morgan fingerprint density at radius 2 is 2.03 bits per heavy atom. The van der Waals surface area contributed by atoms with Crippen molar-refractivity contribution in [2.24, 2.45) is 11.7 Å². The number of nitrogens with one attached hydrogen (secondary N) is 1. The van der Waals surface area contributed by atoms with E-state index in [4.69, 9.17) is 10.5 Å². The molecule has 9 nitrogen and oxygen atoms in total. The lowest BCUT2D eigenvalue weighted by atomic mass is 9.98. The molecule has 0 radical (unpaired) electrons. The van der Waals surface area contributed by atoms with Gasteiger partial charge >= 0.3 is 6.09 Å². The topological polar surface area (TPSA) is 123 Å². The molecule has 0 aromatic carbocycles. The number of ether oxygens (including phenoxy) is 1. The number of hydrogen-bond acceptors (Lipinski definition) is 7. The van der Waals surface area contributed by atoms with Gasteiger partial charge in [0, 0.05) is 56.5 Å². The zero-order valence-electron chi connectivity index (χ0n) is 18.3. The van der Waals surface area contributed by atoms with Gasteiger partial charge in [0.15, 0.2) is 0 Å². The molecular formula is C22H30N6O3. The fourth-order valence-corrected chi connectivity index (χ4v) is 3.52. The van der Waals surface area contributed by atoms with Gasteiger partial charge in [-0.2, -0.15) is 0 Å². The van der Waals surface area contributed by atoms with Crippen LogP contribution in [0.25, 0.3) is 0 Å². The normalized spacial score (nSPS) is 16.6. The molecule has 3 rings (SSSR count). The van der Waals surface area contributed by atoms with Gasteiger partial charge in [0.05, 0.1) is 16.9 Å². The third-order valence-electron chi connectivity index (χ3n) is 4.96. The van der Waals surface area contributed by atoms with Crippen LogP contribution in [0.15, 0.2) is 30.9 Å². The summed E-state index contributed by atoms with van der Waals surface area (Å²) in [6.45, 7) is 7.49. The number of amides is 2. The van der Waals surface area contributed by atoms with Crippen molar-refractivity contribution < 1.29 is 14.3 Å². The number of carbonyl (C=O) groups is 2. The van der Waals surface area contributed by atoms with Crippen LogP contribution in [0.4, 0.5) is 10.5 Å². The van der Waals surface area contributed by atoms with Crippen molar-refractivity contribution >= 4 is 17.7 Å². The Hall–Kier alpha value is -3.23. The van der Waals surface area contributed by atoms with Crippen LogP contribution in [-0.4, -0.2) is 57.1 Å². The van der Waals surface area contributed by atoms with E-state index in [1.54, 1.807) is 23.5 Å². The van der Waals surface area contributed by atoms with Crippen LogP contribution in [0.5, 0.6) is 0 Å². The molecular weight excluding hydrogens is 396 g/mol. The molecule has 2 amide bonds. The van der Waals surface area contributed by atoms with Gasteiger partial charge in [-0.3, -0.25) is 19.7 Å². The molecule has 1 aliphatic heterocycles. The van der Waals surface area contributed by atoms with Crippen molar-refractivity contribution in [1.29, 1.82) is 0 Å². The molecule has 0 bridgehead atoms.